The fraction of sp³-hybridized carbons (Fsp3) is 0.500. The molecule has 0 spiro atoms. The van der Waals surface area contributed by atoms with Crippen molar-refractivity contribution in [2.45, 2.75) is 19.4 Å². The van der Waals surface area contributed by atoms with Crippen LogP contribution in [-0.4, -0.2) is 42.3 Å². The van der Waals surface area contributed by atoms with Crippen molar-refractivity contribution in [1.29, 1.82) is 0 Å². The lowest BCUT2D eigenvalue weighted by Crippen LogP contribution is -2.36. The average molecular weight is 252 g/mol. The predicted octanol–water partition coefficient (Wildman–Crippen LogP) is 1.14. The van der Waals surface area contributed by atoms with Crippen molar-refractivity contribution >= 4 is 23.0 Å². The van der Waals surface area contributed by atoms with Gasteiger partial charge in [0.15, 0.2) is 5.78 Å². The van der Waals surface area contributed by atoms with Gasteiger partial charge in [0, 0.05) is 26.1 Å². The van der Waals surface area contributed by atoms with Gasteiger partial charge in [-0.25, -0.2) is 0 Å². The molecule has 0 aromatic carbocycles. The largest absolute Gasteiger partial charge is 0.352 e. The lowest BCUT2D eigenvalue weighted by atomic mass is 10.2. The standard InChI is InChI=1S/C12H16N2O2S/c1-9(15)13-10-4-5-14(7-10)8-11(16)12-3-2-6-17-12/h2-3,6,10H,4-5,7-8H2,1H3,(H,13,15). The van der Waals surface area contributed by atoms with Crippen LogP contribution in [0.3, 0.4) is 0 Å². The SMILES string of the molecule is CC(=O)NC1CCN(CC(=O)c2cccs2)C1. The van der Waals surface area contributed by atoms with E-state index in [0.29, 0.717) is 6.54 Å². The zero-order valence-electron chi connectivity index (χ0n) is 9.81. The van der Waals surface area contributed by atoms with E-state index in [1.54, 1.807) is 0 Å². The van der Waals surface area contributed by atoms with Crippen LogP contribution in [0.4, 0.5) is 0 Å². The lowest BCUT2D eigenvalue weighted by molar-refractivity contribution is -0.119. The first-order valence-electron chi connectivity index (χ1n) is 5.71. The number of thiophene rings is 1. The van der Waals surface area contributed by atoms with E-state index in [9.17, 15) is 9.59 Å². The van der Waals surface area contributed by atoms with E-state index in [-0.39, 0.29) is 17.7 Å². The molecule has 4 nitrogen and oxygen atoms in total. The lowest BCUT2D eigenvalue weighted by Gasteiger charge is -2.14. The first kappa shape index (κ1) is 12.3. The molecule has 0 saturated carbocycles. The summed E-state index contributed by atoms with van der Waals surface area (Å²) in [4.78, 5) is 25.7. The van der Waals surface area contributed by atoms with Crippen molar-refractivity contribution in [2.75, 3.05) is 19.6 Å². The van der Waals surface area contributed by atoms with Crippen LogP contribution in [0.1, 0.15) is 23.0 Å². The monoisotopic (exact) mass is 252 g/mol. The van der Waals surface area contributed by atoms with Crippen molar-refractivity contribution in [1.82, 2.24) is 10.2 Å². The molecule has 1 atom stereocenters. The Kier molecular flexibility index (Phi) is 3.91. The quantitative estimate of drug-likeness (QED) is 0.818. The van der Waals surface area contributed by atoms with E-state index in [4.69, 9.17) is 0 Å². The molecule has 1 saturated heterocycles. The third kappa shape index (κ3) is 3.38. The Labute approximate surface area is 105 Å². The number of carbonyl (C=O) groups is 2. The van der Waals surface area contributed by atoms with E-state index in [1.807, 2.05) is 17.5 Å². The summed E-state index contributed by atoms with van der Waals surface area (Å²) >= 11 is 1.48. The van der Waals surface area contributed by atoms with E-state index < -0.39 is 0 Å². The first-order chi connectivity index (χ1) is 8.15. The van der Waals surface area contributed by atoms with Gasteiger partial charge >= 0.3 is 0 Å². The van der Waals surface area contributed by atoms with Crippen LogP contribution < -0.4 is 5.32 Å². The number of rotatable bonds is 4. The molecule has 2 rings (SSSR count). The number of likely N-dealkylation sites (tertiary alicyclic amines) is 1. The molecule has 5 heteroatoms. The van der Waals surface area contributed by atoms with Crippen molar-refractivity contribution in [3.63, 3.8) is 0 Å². The number of amides is 1. The van der Waals surface area contributed by atoms with E-state index in [2.05, 4.69) is 10.2 Å². The molecule has 1 fully saturated rings. The molecule has 1 aliphatic heterocycles. The second-order valence-corrected chi connectivity index (χ2v) is 5.27. The van der Waals surface area contributed by atoms with Gasteiger partial charge < -0.3 is 5.32 Å². The molecule has 92 valence electrons. The molecule has 0 aliphatic carbocycles. The molecule has 1 aliphatic rings. The van der Waals surface area contributed by atoms with Crippen LogP contribution >= 0.6 is 11.3 Å². The zero-order valence-corrected chi connectivity index (χ0v) is 10.6. The number of ketones is 1. The molecule has 1 aromatic heterocycles. The van der Waals surface area contributed by atoms with Crippen molar-refractivity contribution in [3.8, 4) is 0 Å². The average Bonchev–Trinajstić information content (AvgIpc) is 2.87. The molecule has 1 aromatic rings. The maximum atomic E-state index is 11.9. The van der Waals surface area contributed by atoms with Gasteiger partial charge in [0.1, 0.15) is 0 Å². The van der Waals surface area contributed by atoms with Crippen LogP contribution in [-0.2, 0) is 4.79 Å². The summed E-state index contributed by atoms with van der Waals surface area (Å²) in [6.45, 7) is 3.63. The van der Waals surface area contributed by atoms with Crippen LogP contribution in [0.5, 0.6) is 0 Å². The van der Waals surface area contributed by atoms with Crippen molar-refractivity contribution in [2.24, 2.45) is 0 Å². The normalized spacial score (nSPS) is 20.4. The smallest absolute Gasteiger partial charge is 0.217 e. The fourth-order valence-electron chi connectivity index (χ4n) is 2.10. The Morgan fingerprint density at radius 1 is 1.59 bits per heavy atom. The summed E-state index contributed by atoms with van der Waals surface area (Å²) in [5.41, 5.74) is 0. The molecule has 0 bridgehead atoms. The fourth-order valence-corrected chi connectivity index (χ4v) is 2.76. The first-order valence-corrected chi connectivity index (χ1v) is 6.59. The van der Waals surface area contributed by atoms with Crippen molar-refractivity contribution < 1.29 is 9.59 Å². The van der Waals surface area contributed by atoms with Gasteiger partial charge in [-0.05, 0) is 17.9 Å². The van der Waals surface area contributed by atoms with Crippen LogP contribution in [0.25, 0.3) is 0 Å². The van der Waals surface area contributed by atoms with Gasteiger partial charge in [0.2, 0.25) is 5.91 Å². The highest BCUT2D eigenvalue weighted by Crippen LogP contribution is 2.13. The third-order valence-electron chi connectivity index (χ3n) is 2.84. The molecule has 1 N–H and O–H groups in total. The summed E-state index contributed by atoms with van der Waals surface area (Å²) < 4.78 is 0. The number of nitrogens with one attached hydrogen (secondary N) is 1. The zero-order chi connectivity index (χ0) is 12.3. The summed E-state index contributed by atoms with van der Waals surface area (Å²) in [5, 5.41) is 4.80. The Bertz CT molecular complexity index is 403. The molecule has 2 heterocycles. The summed E-state index contributed by atoms with van der Waals surface area (Å²) in [7, 11) is 0. The minimum Gasteiger partial charge on any atom is -0.352 e. The number of hydrogen-bond acceptors (Lipinski definition) is 4. The highest BCUT2D eigenvalue weighted by molar-refractivity contribution is 7.12. The molecular weight excluding hydrogens is 236 g/mol. The molecule has 0 radical (unpaired) electrons. The summed E-state index contributed by atoms with van der Waals surface area (Å²) in [5.74, 6) is 0.171. The van der Waals surface area contributed by atoms with Crippen LogP contribution in [0.15, 0.2) is 17.5 Å². The summed E-state index contributed by atoms with van der Waals surface area (Å²) in [6, 6.07) is 3.94. The number of carbonyl (C=O) groups excluding carboxylic acids is 2. The van der Waals surface area contributed by atoms with Gasteiger partial charge in [-0.1, -0.05) is 6.07 Å². The van der Waals surface area contributed by atoms with Crippen LogP contribution in [0, 0.1) is 0 Å². The second-order valence-electron chi connectivity index (χ2n) is 4.32. The Morgan fingerprint density at radius 2 is 2.41 bits per heavy atom. The van der Waals surface area contributed by atoms with Crippen molar-refractivity contribution in [3.05, 3.63) is 22.4 Å². The van der Waals surface area contributed by atoms with Gasteiger partial charge in [0.05, 0.1) is 11.4 Å². The van der Waals surface area contributed by atoms with Gasteiger partial charge in [-0.3, -0.25) is 14.5 Å². The van der Waals surface area contributed by atoms with Gasteiger partial charge in [-0.15, -0.1) is 11.3 Å². The van der Waals surface area contributed by atoms with Gasteiger partial charge in [0.25, 0.3) is 0 Å². The molecule has 1 amide bonds. The van der Waals surface area contributed by atoms with Gasteiger partial charge in [-0.2, -0.15) is 0 Å². The highest BCUT2D eigenvalue weighted by atomic mass is 32.1. The molecule has 1 unspecified atom stereocenters. The number of hydrogen-bond donors (Lipinski definition) is 1. The van der Waals surface area contributed by atoms with E-state index >= 15 is 0 Å². The molecule has 17 heavy (non-hydrogen) atoms. The minimum atomic E-state index is 0.00133. The molecular formula is C12H16N2O2S. The predicted molar refractivity (Wildman–Crippen MR) is 67.3 cm³/mol. The van der Waals surface area contributed by atoms with Crippen LogP contribution in [0.2, 0.25) is 0 Å². The Balaban J connectivity index is 1.82. The second kappa shape index (κ2) is 5.42. The topological polar surface area (TPSA) is 49.4 Å². The number of nitrogens with zero attached hydrogens (tertiary/aromatic N) is 1. The van der Waals surface area contributed by atoms with E-state index in [0.717, 1.165) is 24.4 Å². The van der Waals surface area contributed by atoms with E-state index in [1.165, 1.54) is 18.3 Å². The third-order valence-corrected chi connectivity index (χ3v) is 3.75. The maximum absolute atomic E-state index is 11.9. The minimum absolute atomic E-state index is 0.00133. The Hall–Kier alpha value is -1.20. The highest BCUT2D eigenvalue weighted by Gasteiger charge is 2.24. The Morgan fingerprint density at radius 3 is 3.06 bits per heavy atom. The number of Topliss-reactive ketones (excluding diaryl/α,β-unsaturated/α-hetero) is 1. The maximum Gasteiger partial charge on any atom is 0.217 e. The summed E-state index contributed by atoms with van der Waals surface area (Å²) in [6.07, 6.45) is 0.928.